The topological polar surface area (TPSA) is 95.1 Å². The third-order valence-corrected chi connectivity index (χ3v) is 5.35. The Balaban J connectivity index is 1.66. The van der Waals surface area contributed by atoms with E-state index in [2.05, 4.69) is 15.3 Å². The average Bonchev–Trinajstić information content (AvgIpc) is 2.92. The molecule has 2 aromatic heterocycles. The van der Waals surface area contributed by atoms with Gasteiger partial charge in [0.25, 0.3) is 5.56 Å². The molecule has 1 aromatic carbocycles. The molecule has 2 heterocycles. The zero-order valence-electron chi connectivity index (χ0n) is 12.4. The van der Waals surface area contributed by atoms with E-state index in [4.69, 9.17) is 0 Å². The summed E-state index contributed by atoms with van der Waals surface area (Å²) >= 11 is 2.34. The molecule has 0 saturated carbocycles. The van der Waals surface area contributed by atoms with Gasteiger partial charge in [0.2, 0.25) is 5.91 Å². The van der Waals surface area contributed by atoms with E-state index in [1.807, 2.05) is 0 Å². The number of thiazole rings is 1. The zero-order chi connectivity index (χ0) is 17.3. The first kappa shape index (κ1) is 16.5. The molecule has 0 fully saturated rings. The van der Waals surface area contributed by atoms with Crippen LogP contribution < -0.4 is 10.9 Å². The third-order valence-electron chi connectivity index (χ3n) is 3.13. The maximum atomic E-state index is 13.5. The lowest BCUT2D eigenvalue weighted by Gasteiger charge is -2.05. The van der Waals surface area contributed by atoms with Crippen LogP contribution in [0.25, 0.3) is 10.3 Å². The van der Waals surface area contributed by atoms with Gasteiger partial charge in [0.15, 0.2) is 9.99 Å². The molecular formula is C15H12FN3O3S2. The van der Waals surface area contributed by atoms with E-state index in [1.165, 1.54) is 17.4 Å². The number of hydrogen-bond donors (Lipinski definition) is 3. The second kappa shape index (κ2) is 6.62. The molecule has 0 atom stereocenters. The molecule has 0 radical (unpaired) electrons. The Labute approximate surface area is 143 Å². The standard InChI is InChI=1S/C15H12FN3O3S2/c1-7-2-3-8(4-9(7)16)17-12(22)6-23-15-19-14-13(24-15)10(20)5-11(21)18-14/h2-5H,6H2,1H3,(H,17,22)(H2,18,20,21). The number of aromatic nitrogens is 2. The monoisotopic (exact) mass is 365 g/mol. The lowest BCUT2D eigenvalue weighted by molar-refractivity contribution is -0.113. The van der Waals surface area contributed by atoms with Gasteiger partial charge in [-0.25, -0.2) is 9.37 Å². The maximum Gasteiger partial charge on any atom is 0.253 e. The Bertz CT molecular complexity index is 984. The second-order valence-corrected chi connectivity index (χ2v) is 7.20. The molecule has 6 nitrogen and oxygen atoms in total. The number of carbonyl (C=O) groups excluding carboxylic acids is 1. The predicted octanol–water partition coefficient (Wildman–Crippen LogP) is 2.87. The second-order valence-electron chi connectivity index (χ2n) is 4.98. The number of nitrogens with zero attached hydrogens (tertiary/aromatic N) is 1. The van der Waals surface area contributed by atoms with Crippen LogP contribution in [0.4, 0.5) is 10.1 Å². The number of benzene rings is 1. The van der Waals surface area contributed by atoms with Gasteiger partial charge in [0.05, 0.1) is 5.75 Å². The minimum Gasteiger partial charge on any atom is -0.506 e. The molecule has 124 valence electrons. The minimum absolute atomic E-state index is 0.0698. The summed E-state index contributed by atoms with van der Waals surface area (Å²) in [5, 5.41) is 12.3. The van der Waals surface area contributed by atoms with Gasteiger partial charge in [0.1, 0.15) is 16.3 Å². The number of rotatable bonds is 4. The molecule has 1 amide bonds. The van der Waals surface area contributed by atoms with Crippen molar-refractivity contribution in [3.05, 3.63) is 46.0 Å². The normalized spacial score (nSPS) is 10.9. The van der Waals surface area contributed by atoms with E-state index in [-0.39, 0.29) is 28.9 Å². The highest BCUT2D eigenvalue weighted by Crippen LogP contribution is 2.32. The van der Waals surface area contributed by atoms with E-state index in [9.17, 15) is 19.1 Å². The van der Waals surface area contributed by atoms with Crippen molar-refractivity contribution in [1.29, 1.82) is 0 Å². The summed E-state index contributed by atoms with van der Waals surface area (Å²) in [6.45, 7) is 1.64. The van der Waals surface area contributed by atoms with Gasteiger partial charge in [-0.15, -0.1) is 11.3 Å². The van der Waals surface area contributed by atoms with Crippen LogP contribution in [-0.4, -0.2) is 26.7 Å². The van der Waals surface area contributed by atoms with Gasteiger partial charge >= 0.3 is 0 Å². The molecule has 0 aliphatic heterocycles. The predicted molar refractivity (Wildman–Crippen MR) is 92.4 cm³/mol. The summed E-state index contributed by atoms with van der Waals surface area (Å²) in [5.74, 6) is -0.760. The van der Waals surface area contributed by atoms with Crippen molar-refractivity contribution in [3.8, 4) is 5.75 Å². The number of nitrogens with one attached hydrogen (secondary N) is 2. The molecule has 0 saturated heterocycles. The summed E-state index contributed by atoms with van der Waals surface area (Å²) in [4.78, 5) is 29.9. The number of H-pyrrole nitrogens is 1. The van der Waals surface area contributed by atoms with Gasteiger partial charge < -0.3 is 15.4 Å². The molecule has 0 spiro atoms. The van der Waals surface area contributed by atoms with Gasteiger partial charge in [0, 0.05) is 11.8 Å². The Hall–Kier alpha value is -2.39. The van der Waals surface area contributed by atoms with Gasteiger partial charge in [-0.1, -0.05) is 17.8 Å². The summed E-state index contributed by atoms with van der Waals surface area (Å²) in [7, 11) is 0. The highest BCUT2D eigenvalue weighted by atomic mass is 32.2. The largest absolute Gasteiger partial charge is 0.506 e. The van der Waals surface area contributed by atoms with Crippen LogP contribution in [0.1, 0.15) is 5.56 Å². The molecule has 0 aliphatic carbocycles. The van der Waals surface area contributed by atoms with E-state index < -0.39 is 5.56 Å². The molecule has 3 rings (SSSR count). The van der Waals surface area contributed by atoms with Gasteiger partial charge in [-0.3, -0.25) is 9.59 Å². The van der Waals surface area contributed by atoms with Crippen molar-refractivity contribution < 1.29 is 14.3 Å². The van der Waals surface area contributed by atoms with Crippen LogP contribution in [0.3, 0.4) is 0 Å². The number of pyridine rings is 1. The number of aromatic hydroxyl groups is 1. The van der Waals surface area contributed by atoms with E-state index in [0.717, 1.165) is 17.8 Å². The summed E-state index contributed by atoms with van der Waals surface area (Å²) < 4.78 is 14.4. The molecule has 0 bridgehead atoms. The number of hydrogen-bond acceptors (Lipinski definition) is 6. The summed E-state index contributed by atoms with van der Waals surface area (Å²) in [5.41, 5.74) is 0.732. The fraction of sp³-hybridized carbons (Fsp3) is 0.133. The Morgan fingerprint density at radius 1 is 1.46 bits per heavy atom. The zero-order valence-corrected chi connectivity index (χ0v) is 14.1. The maximum absolute atomic E-state index is 13.5. The van der Waals surface area contributed by atoms with Crippen LogP contribution in [0, 0.1) is 12.7 Å². The Morgan fingerprint density at radius 3 is 3.00 bits per heavy atom. The van der Waals surface area contributed by atoms with Crippen molar-refractivity contribution in [3.63, 3.8) is 0 Å². The van der Waals surface area contributed by atoms with Gasteiger partial charge in [-0.2, -0.15) is 0 Å². The van der Waals surface area contributed by atoms with Crippen LogP contribution in [0.2, 0.25) is 0 Å². The summed E-state index contributed by atoms with van der Waals surface area (Å²) in [6, 6.07) is 5.55. The molecule has 3 N–H and O–H groups in total. The third kappa shape index (κ3) is 3.57. The molecule has 3 aromatic rings. The molecule has 9 heteroatoms. The first-order chi connectivity index (χ1) is 11.4. The van der Waals surface area contributed by atoms with E-state index in [0.29, 0.717) is 20.3 Å². The number of aryl methyl sites for hydroxylation is 1. The highest BCUT2D eigenvalue weighted by molar-refractivity contribution is 8.01. The Kier molecular flexibility index (Phi) is 4.54. The van der Waals surface area contributed by atoms with E-state index in [1.54, 1.807) is 19.1 Å². The first-order valence-corrected chi connectivity index (χ1v) is 8.64. The first-order valence-electron chi connectivity index (χ1n) is 6.84. The Morgan fingerprint density at radius 2 is 2.25 bits per heavy atom. The quantitative estimate of drug-likeness (QED) is 0.618. The van der Waals surface area contributed by atoms with Crippen LogP contribution in [0.15, 0.2) is 33.4 Å². The fourth-order valence-corrected chi connectivity index (χ4v) is 3.77. The molecule has 24 heavy (non-hydrogen) atoms. The van der Waals surface area contributed by atoms with Gasteiger partial charge in [-0.05, 0) is 24.6 Å². The number of anilines is 1. The van der Waals surface area contributed by atoms with Crippen molar-refractivity contribution in [2.45, 2.75) is 11.3 Å². The molecular weight excluding hydrogens is 353 g/mol. The van der Waals surface area contributed by atoms with Crippen molar-refractivity contribution in [1.82, 2.24) is 9.97 Å². The number of amides is 1. The van der Waals surface area contributed by atoms with Crippen LogP contribution >= 0.6 is 23.1 Å². The minimum atomic E-state index is -0.444. The summed E-state index contributed by atoms with van der Waals surface area (Å²) in [6.07, 6.45) is 0. The lowest BCUT2D eigenvalue weighted by atomic mass is 10.2. The number of fused-ring (bicyclic) bond motifs is 1. The average molecular weight is 365 g/mol. The molecule has 0 unspecified atom stereocenters. The fourth-order valence-electron chi connectivity index (χ4n) is 1.96. The molecule has 0 aliphatic rings. The van der Waals surface area contributed by atoms with Crippen molar-refractivity contribution in [2.75, 3.05) is 11.1 Å². The number of carbonyl (C=O) groups is 1. The van der Waals surface area contributed by atoms with Crippen LogP contribution in [-0.2, 0) is 4.79 Å². The number of thioether (sulfide) groups is 1. The number of halogens is 1. The van der Waals surface area contributed by atoms with E-state index >= 15 is 0 Å². The van der Waals surface area contributed by atoms with Crippen molar-refractivity contribution in [2.24, 2.45) is 0 Å². The number of aromatic amines is 1. The lowest BCUT2D eigenvalue weighted by Crippen LogP contribution is -2.14. The van der Waals surface area contributed by atoms with Crippen molar-refractivity contribution >= 4 is 45.0 Å². The smallest absolute Gasteiger partial charge is 0.253 e. The SMILES string of the molecule is Cc1ccc(NC(=O)CSc2nc3[nH]c(=O)cc(O)c3s2)cc1F. The highest BCUT2D eigenvalue weighted by Gasteiger charge is 2.12. The van der Waals surface area contributed by atoms with Crippen LogP contribution in [0.5, 0.6) is 5.75 Å².